The van der Waals surface area contributed by atoms with Crippen molar-refractivity contribution in [3.63, 3.8) is 0 Å². The molecule has 1 fully saturated rings. The molecule has 0 aliphatic carbocycles. The van der Waals surface area contributed by atoms with Gasteiger partial charge in [-0.1, -0.05) is 11.6 Å². The molecule has 1 heterocycles. The summed E-state index contributed by atoms with van der Waals surface area (Å²) in [5.41, 5.74) is 6.95. The first-order valence-electron chi connectivity index (χ1n) is 6.15. The van der Waals surface area contributed by atoms with Crippen LogP contribution in [-0.2, 0) is 0 Å². The van der Waals surface area contributed by atoms with E-state index in [-0.39, 0.29) is 0 Å². The summed E-state index contributed by atoms with van der Waals surface area (Å²) in [5.74, 6) is 0. The molecule has 0 aromatic heterocycles. The molecular formula is C13H20ClN3. The molecule has 0 spiro atoms. The Balaban J connectivity index is 1.93. The molecule has 2 N–H and O–H groups in total. The van der Waals surface area contributed by atoms with Crippen molar-refractivity contribution in [1.82, 2.24) is 4.90 Å². The Kier molecular flexibility index (Phi) is 4.26. The maximum atomic E-state index is 5.89. The molecule has 1 aromatic rings. The summed E-state index contributed by atoms with van der Waals surface area (Å²) in [6.45, 7) is 7.22. The average molecular weight is 254 g/mol. The van der Waals surface area contributed by atoms with Gasteiger partial charge in [0.1, 0.15) is 0 Å². The monoisotopic (exact) mass is 253 g/mol. The molecule has 1 aliphatic rings. The molecule has 4 heteroatoms. The van der Waals surface area contributed by atoms with Crippen molar-refractivity contribution in [2.45, 2.75) is 13.0 Å². The zero-order valence-electron chi connectivity index (χ0n) is 10.3. The predicted molar refractivity (Wildman–Crippen MR) is 73.8 cm³/mol. The lowest BCUT2D eigenvalue weighted by Gasteiger charge is -2.38. The van der Waals surface area contributed by atoms with Crippen molar-refractivity contribution in [2.24, 2.45) is 5.73 Å². The number of halogens is 1. The van der Waals surface area contributed by atoms with Crippen molar-refractivity contribution in [2.75, 3.05) is 37.6 Å². The molecule has 0 bridgehead atoms. The van der Waals surface area contributed by atoms with E-state index in [0.29, 0.717) is 6.04 Å². The summed E-state index contributed by atoms with van der Waals surface area (Å²) in [4.78, 5) is 4.85. The van der Waals surface area contributed by atoms with Crippen LogP contribution in [0.1, 0.15) is 6.92 Å². The average Bonchev–Trinajstić information content (AvgIpc) is 2.39. The highest BCUT2D eigenvalue weighted by Crippen LogP contribution is 2.19. The normalized spacial score (nSPS) is 19.4. The van der Waals surface area contributed by atoms with E-state index in [1.54, 1.807) is 0 Å². The second-order valence-electron chi connectivity index (χ2n) is 4.58. The Morgan fingerprint density at radius 3 is 2.29 bits per heavy atom. The van der Waals surface area contributed by atoms with E-state index in [1.165, 1.54) is 5.69 Å². The van der Waals surface area contributed by atoms with E-state index in [9.17, 15) is 0 Å². The predicted octanol–water partition coefficient (Wildman–Crippen LogP) is 1.81. The lowest BCUT2D eigenvalue weighted by molar-refractivity contribution is 0.201. The first-order chi connectivity index (χ1) is 8.20. The van der Waals surface area contributed by atoms with E-state index in [2.05, 4.69) is 28.9 Å². The summed E-state index contributed by atoms with van der Waals surface area (Å²) >= 11 is 5.89. The number of benzene rings is 1. The van der Waals surface area contributed by atoms with Crippen LogP contribution in [0.3, 0.4) is 0 Å². The summed E-state index contributed by atoms with van der Waals surface area (Å²) < 4.78 is 0. The first-order valence-corrected chi connectivity index (χ1v) is 6.53. The van der Waals surface area contributed by atoms with Gasteiger partial charge in [0.25, 0.3) is 0 Å². The molecule has 3 nitrogen and oxygen atoms in total. The Hall–Kier alpha value is -0.770. The van der Waals surface area contributed by atoms with Gasteiger partial charge < -0.3 is 10.6 Å². The lowest BCUT2D eigenvalue weighted by atomic mass is 10.2. The number of rotatable bonds is 3. The third-order valence-electron chi connectivity index (χ3n) is 3.47. The van der Waals surface area contributed by atoms with Gasteiger partial charge in [-0.2, -0.15) is 0 Å². The molecule has 17 heavy (non-hydrogen) atoms. The van der Waals surface area contributed by atoms with Crippen LogP contribution in [0.25, 0.3) is 0 Å². The smallest absolute Gasteiger partial charge is 0.0407 e. The zero-order valence-corrected chi connectivity index (χ0v) is 11.0. The van der Waals surface area contributed by atoms with E-state index < -0.39 is 0 Å². The van der Waals surface area contributed by atoms with Crippen molar-refractivity contribution in [1.29, 1.82) is 0 Å². The number of nitrogens with zero attached hydrogens (tertiary/aromatic N) is 2. The fourth-order valence-electron chi connectivity index (χ4n) is 2.22. The molecule has 1 aromatic carbocycles. The third-order valence-corrected chi connectivity index (χ3v) is 3.72. The van der Waals surface area contributed by atoms with Crippen LogP contribution in [-0.4, -0.2) is 43.7 Å². The molecule has 1 atom stereocenters. The van der Waals surface area contributed by atoms with Gasteiger partial charge in [-0.25, -0.2) is 0 Å². The van der Waals surface area contributed by atoms with Gasteiger partial charge in [-0.3, -0.25) is 4.90 Å². The Morgan fingerprint density at radius 1 is 1.18 bits per heavy atom. The van der Waals surface area contributed by atoms with Crippen molar-refractivity contribution in [3.05, 3.63) is 29.3 Å². The highest BCUT2D eigenvalue weighted by Gasteiger charge is 2.20. The van der Waals surface area contributed by atoms with Crippen molar-refractivity contribution in [3.8, 4) is 0 Å². The Labute approximate surface area is 108 Å². The largest absolute Gasteiger partial charge is 0.369 e. The van der Waals surface area contributed by atoms with Gasteiger partial charge in [-0.15, -0.1) is 0 Å². The first kappa shape index (κ1) is 12.7. The quantitative estimate of drug-likeness (QED) is 0.892. The van der Waals surface area contributed by atoms with Crippen LogP contribution in [0.4, 0.5) is 5.69 Å². The minimum Gasteiger partial charge on any atom is -0.369 e. The zero-order chi connectivity index (χ0) is 12.3. The summed E-state index contributed by atoms with van der Waals surface area (Å²) in [7, 11) is 0. The summed E-state index contributed by atoms with van der Waals surface area (Å²) in [6, 6.07) is 8.56. The van der Waals surface area contributed by atoms with E-state index in [4.69, 9.17) is 17.3 Å². The number of hydrogen-bond donors (Lipinski definition) is 1. The third kappa shape index (κ3) is 3.12. The second kappa shape index (κ2) is 5.71. The SMILES string of the molecule is CC(CN)N1CCN(c2ccc(Cl)cc2)CC1. The molecule has 0 saturated carbocycles. The highest BCUT2D eigenvalue weighted by atomic mass is 35.5. The maximum Gasteiger partial charge on any atom is 0.0407 e. The number of nitrogens with two attached hydrogens (primary N) is 1. The lowest BCUT2D eigenvalue weighted by Crippen LogP contribution is -2.51. The van der Waals surface area contributed by atoms with Gasteiger partial charge in [-0.05, 0) is 31.2 Å². The van der Waals surface area contributed by atoms with Crippen molar-refractivity contribution < 1.29 is 0 Å². The van der Waals surface area contributed by atoms with Crippen LogP contribution in [0.5, 0.6) is 0 Å². The maximum absolute atomic E-state index is 5.89. The van der Waals surface area contributed by atoms with Crippen LogP contribution >= 0.6 is 11.6 Å². The van der Waals surface area contributed by atoms with E-state index in [0.717, 1.165) is 37.7 Å². The van der Waals surface area contributed by atoms with Crippen LogP contribution in [0.15, 0.2) is 24.3 Å². The molecule has 1 aliphatic heterocycles. The standard InChI is InChI=1S/C13H20ClN3/c1-11(10-15)16-6-8-17(9-7-16)13-4-2-12(14)3-5-13/h2-5,11H,6-10,15H2,1H3. The fraction of sp³-hybridized carbons (Fsp3) is 0.538. The number of anilines is 1. The fourth-order valence-corrected chi connectivity index (χ4v) is 2.35. The molecule has 1 saturated heterocycles. The van der Waals surface area contributed by atoms with Crippen LogP contribution in [0, 0.1) is 0 Å². The van der Waals surface area contributed by atoms with Gasteiger partial charge in [0.15, 0.2) is 0 Å². The van der Waals surface area contributed by atoms with E-state index >= 15 is 0 Å². The second-order valence-corrected chi connectivity index (χ2v) is 5.02. The number of hydrogen-bond acceptors (Lipinski definition) is 3. The molecule has 1 unspecified atom stereocenters. The minimum atomic E-state index is 0.488. The summed E-state index contributed by atoms with van der Waals surface area (Å²) in [5, 5.41) is 0.795. The summed E-state index contributed by atoms with van der Waals surface area (Å²) in [6.07, 6.45) is 0. The van der Waals surface area contributed by atoms with Crippen LogP contribution < -0.4 is 10.6 Å². The van der Waals surface area contributed by atoms with Gasteiger partial charge in [0, 0.05) is 49.5 Å². The van der Waals surface area contributed by atoms with Crippen molar-refractivity contribution >= 4 is 17.3 Å². The Bertz CT molecular complexity index is 344. The molecular weight excluding hydrogens is 234 g/mol. The van der Waals surface area contributed by atoms with Crippen LogP contribution in [0.2, 0.25) is 5.02 Å². The molecule has 0 radical (unpaired) electrons. The Morgan fingerprint density at radius 2 is 1.76 bits per heavy atom. The van der Waals surface area contributed by atoms with E-state index in [1.807, 2.05) is 12.1 Å². The molecule has 0 amide bonds. The van der Waals surface area contributed by atoms with Gasteiger partial charge in [0.2, 0.25) is 0 Å². The molecule has 94 valence electrons. The van der Waals surface area contributed by atoms with Gasteiger partial charge >= 0.3 is 0 Å². The molecule has 2 rings (SSSR count). The number of piperazine rings is 1. The highest BCUT2D eigenvalue weighted by molar-refractivity contribution is 6.30. The topological polar surface area (TPSA) is 32.5 Å². The van der Waals surface area contributed by atoms with Gasteiger partial charge in [0.05, 0.1) is 0 Å². The minimum absolute atomic E-state index is 0.488.